The van der Waals surface area contributed by atoms with Gasteiger partial charge in [0.05, 0.1) is 0 Å². The third-order valence-corrected chi connectivity index (χ3v) is 3.89. The van der Waals surface area contributed by atoms with E-state index in [1.54, 1.807) is 4.90 Å². The monoisotopic (exact) mass is 254 g/mol. The Bertz CT molecular complexity index is 444. The molecule has 1 amide bonds. The lowest BCUT2D eigenvalue weighted by Gasteiger charge is -2.14. The van der Waals surface area contributed by atoms with Crippen LogP contribution in [-0.2, 0) is 0 Å². The number of carbonyl (C=O) groups excluding carboxylic acids is 1. The second-order valence-corrected chi connectivity index (χ2v) is 5.02. The Labute approximate surface area is 103 Å². The average molecular weight is 254 g/mol. The van der Waals surface area contributed by atoms with Gasteiger partial charge in [-0.05, 0) is 12.3 Å². The number of aromatic carboxylic acids is 1. The molecule has 92 valence electrons. The van der Waals surface area contributed by atoms with Gasteiger partial charge >= 0.3 is 5.97 Å². The van der Waals surface area contributed by atoms with Crippen LogP contribution in [0.25, 0.3) is 0 Å². The molecular formula is C11H14N2O3S. The molecule has 2 rings (SSSR count). The fourth-order valence-electron chi connectivity index (χ4n) is 1.96. The quantitative estimate of drug-likeness (QED) is 0.891. The lowest BCUT2D eigenvalue weighted by Crippen LogP contribution is -2.28. The molecule has 1 fully saturated rings. The third kappa shape index (κ3) is 2.46. The van der Waals surface area contributed by atoms with Gasteiger partial charge in [-0.1, -0.05) is 13.3 Å². The maximum atomic E-state index is 12.0. The van der Waals surface area contributed by atoms with Crippen LogP contribution >= 0.6 is 11.3 Å². The van der Waals surface area contributed by atoms with Gasteiger partial charge in [0.1, 0.15) is 0 Å². The molecule has 1 saturated heterocycles. The standard InChI is InChI=1S/C11H14N2O3S/c1-2-7-3-4-13(5-7)10(14)9-12-8(6-17-9)11(15)16/h6-7H,2-5H2,1H3,(H,15,16). The summed E-state index contributed by atoms with van der Waals surface area (Å²) in [6.07, 6.45) is 2.10. The van der Waals surface area contributed by atoms with Crippen molar-refractivity contribution in [3.8, 4) is 0 Å². The number of carbonyl (C=O) groups is 2. The van der Waals surface area contributed by atoms with Crippen molar-refractivity contribution < 1.29 is 14.7 Å². The Morgan fingerprint density at radius 3 is 2.94 bits per heavy atom. The third-order valence-electron chi connectivity index (χ3n) is 3.06. The van der Waals surface area contributed by atoms with E-state index >= 15 is 0 Å². The number of nitrogens with zero attached hydrogens (tertiary/aromatic N) is 2. The van der Waals surface area contributed by atoms with Gasteiger partial charge in [0.25, 0.3) is 5.91 Å². The van der Waals surface area contributed by atoms with Crippen LogP contribution in [0.5, 0.6) is 0 Å². The molecule has 1 aliphatic heterocycles. The molecule has 2 heterocycles. The number of carboxylic acids is 1. The first-order chi connectivity index (χ1) is 8.11. The van der Waals surface area contributed by atoms with Crippen LogP contribution in [0.4, 0.5) is 0 Å². The van der Waals surface area contributed by atoms with Gasteiger partial charge in [-0.25, -0.2) is 9.78 Å². The number of hydrogen-bond acceptors (Lipinski definition) is 4. The van der Waals surface area contributed by atoms with Gasteiger partial charge in [0, 0.05) is 18.5 Å². The Morgan fingerprint density at radius 2 is 2.41 bits per heavy atom. The highest BCUT2D eigenvalue weighted by molar-refractivity contribution is 7.11. The fraction of sp³-hybridized carbons (Fsp3) is 0.545. The molecule has 1 atom stereocenters. The molecule has 0 saturated carbocycles. The normalized spacial score (nSPS) is 19.6. The van der Waals surface area contributed by atoms with Crippen molar-refractivity contribution in [1.29, 1.82) is 0 Å². The zero-order chi connectivity index (χ0) is 12.4. The minimum Gasteiger partial charge on any atom is -0.476 e. The summed E-state index contributed by atoms with van der Waals surface area (Å²) in [5.41, 5.74) is -0.0513. The Hall–Kier alpha value is -1.43. The van der Waals surface area contributed by atoms with E-state index in [1.807, 2.05) is 0 Å². The van der Waals surface area contributed by atoms with E-state index in [9.17, 15) is 9.59 Å². The smallest absolute Gasteiger partial charge is 0.355 e. The highest BCUT2D eigenvalue weighted by Gasteiger charge is 2.27. The first kappa shape index (κ1) is 12.0. The summed E-state index contributed by atoms with van der Waals surface area (Å²) in [6.45, 7) is 3.63. The Morgan fingerprint density at radius 1 is 1.65 bits per heavy atom. The average Bonchev–Trinajstić information content (AvgIpc) is 2.97. The molecule has 0 aliphatic carbocycles. The zero-order valence-electron chi connectivity index (χ0n) is 9.55. The van der Waals surface area contributed by atoms with Crippen molar-refractivity contribution in [1.82, 2.24) is 9.88 Å². The number of aromatic nitrogens is 1. The van der Waals surface area contributed by atoms with E-state index in [2.05, 4.69) is 11.9 Å². The molecule has 5 nitrogen and oxygen atoms in total. The first-order valence-corrected chi connectivity index (χ1v) is 6.48. The molecule has 1 aromatic heterocycles. The van der Waals surface area contributed by atoms with Crippen LogP contribution < -0.4 is 0 Å². The van der Waals surface area contributed by atoms with Crippen molar-refractivity contribution in [3.05, 3.63) is 16.1 Å². The highest BCUT2D eigenvalue weighted by Crippen LogP contribution is 2.22. The minimum absolute atomic E-state index is 0.0513. The summed E-state index contributed by atoms with van der Waals surface area (Å²) < 4.78 is 0. The predicted octanol–water partition coefficient (Wildman–Crippen LogP) is 1.71. The molecule has 0 bridgehead atoms. The number of carboxylic acid groups (broad SMARTS) is 1. The minimum atomic E-state index is -1.09. The molecule has 0 radical (unpaired) electrons. The summed E-state index contributed by atoms with van der Waals surface area (Å²) >= 11 is 1.10. The molecule has 1 aliphatic rings. The molecule has 1 unspecified atom stereocenters. The van der Waals surface area contributed by atoms with E-state index in [1.165, 1.54) is 5.38 Å². The van der Waals surface area contributed by atoms with Gasteiger partial charge in [-0.2, -0.15) is 0 Å². The topological polar surface area (TPSA) is 70.5 Å². The number of thiazole rings is 1. The first-order valence-electron chi connectivity index (χ1n) is 5.60. The van der Waals surface area contributed by atoms with E-state index in [0.29, 0.717) is 5.92 Å². The van der Waals surface area contributed by atoms with Crippen molar-refractivity contribution >= 4 is 23.2 Å². The Kier molecular flexibility index (Phi) is 3.42. The molecule has 0 aromatic carbocycles. The van der Waals surface area contributed by atoms with Crippen LogP contribution in [0, 0.1) is 5.92 Å². The van der Waals surface area contributed by atoms with Crippen molar-refractivity contribution in [2.75, 3.05) is 13.1 Å². The van der Waals surface area contributed by atoms with Crippen LogP contribution in [-0.4, -0.2) is 40.0 Å². The molecule has 17 heavy (non-hydrogen) atoms. The van der Waals surface area contributed by atoms with Crippen molar-refractivity contribution in [3.63, 3.8) is 0 Å². The van der Waals surface area contributed by atoms with Crippen LogP contribution in [0.3, 0.4) is 0 Å². The van der Waals surface area contributed by atoms with Gasteiger partial charge in [-0.3, -0.25) is 4.79 Å². The summed E-state index contributed by atoms with van der Waals surface area (Å²) in [4.78, 5) is 28.3. The van der Waals surface area contributed by atoms with Crippen LogP contribution in [0.15, 0.2) is 5.38 Å². The molecule has 0 spiro atoms. The molecule has 6 heteroatoms. The van der Waals surface area contributed by atoms with Gasteiger partial charge in [-0.15, -0.1) is 11.3 Å². The van der Waals surface area contributed by atoms with Gasteiger partial charge in [0.15, 0.2) is 10.7 Å². The molecule has 1 aromatic rings. The van der Waals surface area contributed by atoms with Crippen LogP contribution in [0.1, 0.15) is 40.1 Å². The summed E-state index contributed by atoms with van der Waals surface area (Å²) in [5, 5.41) is 10.4. The summed E-state index contributed by atoms with van der Waals surface area (Å²) in [6, 6.07) is 0. The second-order valence-electron chi connectivity index (χ2n) is 4.16. The maximum Gasteiger partial charge on any atom is 0.355 e. The van der Waals surface area contributed by atoms with Crippen molar-refractivity contribution in [2.45, 2.75) is 19.8 Å². The van der Waals surface area contributed by atoms with E-state index in [0.717, 1.165) is 37.3 Å². The second kappa shape index (κ2) is 4.83. The maximum absolute atomic E-state index is 12.0. The summed E-state index contributed by atoms with van der Waals surface area (Å²) in [5.74, 6) is -0.663. The largest absolute Gasteiger partial charge is 0.476 e. The Balaban J connectivity index is 2.07. The van der Waals surface area contributed by atoms with E-state index in [4.69, 9.17) is 5.11 Å². The number of amides is 1. The number of likely N-dealkylation sites (tertiary alicyclic amines) is 1. The number of rotatable bonds is 3. The summed E-state index contributed by atoms with van der Waals surface area (Å²) in [7, 11) is 0. The molecule has 1 N–H and O–H groups in total. The van der Waals surface area contributed by atoms with Gasteiger partial charge < -0.3 is 10.0 Å². The van der Waals surface area contributed by atoms with Gasteiger partial charge in [0.2, 0.25) is 0 Å². The highest BCUT2D eigenvalue weighted by atomic mass is 32.1. The number of hydrogen-bond donors (Lipinski definition) is 1. The zero-order valence-corrected chi connectivity index (χ0v) is 10.4. The van der Waals surface area contributed by atoms with E-state index < -0.39 is 5.97 Å². The molecular weight excluding hydrogens is 240 g/mol. The van der Waals surface area contributed by atoms with Crippen LogP contribution in [0.2, 0.25) is 0 Å². The lowest BCUT2D eigenvalue weighted by molar-refractivity contribution is 0.0691. The lowest BCUT2D eigenvalue weighted by atomic mass is 10.1. The van der Waals surface area contributed by atoms with E-state index in [-0.39, 0.29) is 16.6 Å². The fourth-order valence-corrected chi connectivity index (χ4v) is 2.71. The predicted molar refractivity (Wildman–Crippen MR) is 63.4 cm³/mol. The van der Waals surface area contributed by atoms with Crippen molar-refractivity contribution in [2.24, 2.45) is 5.92 Å². The SMILES string of the molecule is CCC1CCN(C(=O)c2nc(C(=O)O)cs2)C1.